The van der Waals surface area contributed by atoms with E-state index in [0.717, 1.165) is 12.8 Å². The van der Waals surface area contributed by atoms with Crippen molar-refractivity contribution in [1.29, 1.82) is 0 Å². The molecule has 1 heterocycles. The van der Waals surface area contributed by atoms with Crippen molar-refractivity contribution in [2.45, 2.75) is 32.1 Å². The lowest BCUT2D eigenvalue weighted by molar-refractivity contribution is -0.121. The van der Waals surface area contributed by atoms with Crippen molar-refractivity contribution < 1.29 is 14.2 Å². The fourth-order valence-corrected chi connectivity index (χ4v) is 2.85. The van der Waals surface area contributed by atoms with Gasteiger partial charge < -0.3 is 10.1 Å². The Morgan fingerprint density at radius 2 is 2.27 bits per heavy atom. The molecule has 1 aliphatic rings. The fraction of sp³-hybridized carbons (Fsp3) is 0.438. The van der Waals surface area contributed by atoms with E-state index in [-0.39, 0.29) is 5.91 Å². The summed E-state index contributed by atoms with van der Waals surface area (Å²) in [5.41, 5.74) is 3.30. The van der Waals surface area contributed by atoms with Gasteiger partial charge in [-0.25, -0.2) is 4.63 Å². The Morgan fingerprint density at radius 3 is 3.09 bits per heavy atom. The fourth-order valence-electron chi connectivity index (χ4n) is 2.85. The number of hydrogen-bond donors (Lipinski definition) is 1. The van der Waals surface area contributed by atoms with E-state index < -0.39 is 0 Å². The number of nitrogens with zero attached hydrogens (tertiary/aromatic N) is 2. The molecular weight excluding hydrogens is 282 g/mol. The van der Waals surface area contributed by atoms with Gasteiger partial charge in [0.1, 0.15) is 12.3 Å². The van der Waals surface area contributed by atoms with Gasteiger partial charge in [-0.2, -0.15) is 0 Å². The van der Waals surface area contributed by atoms with E-state index in [9.17, 15) is 4.79 Å². The smallest absolute Gasteiger partial charge is 0.278 e. The number of ether oxygens (including phenoxy) is 1. The Bertz CT molecular complexity index is 654. The first kappa shape index (κ1) is 14.6. The van der Waals surface area contributed by atoms with Gasteiger partial charge in [0.25, 0.3) is 5.88 Å². The number of benzene rings is 1. The van der Waals surface area contributed by atoms with Crippen LogP contribution in [0.15, 0.2) is 28.9 Å². The maximum atomic E-state index is 12.0. The molecule has 0 unspecified atom stereocenters. The summed E-state index contributed by atoms with van der Waals surface area (Å²) in [6, 6.07) is 8.37. The predicted octanol–water partition coefficient (Wildman–Crippen LogP) is 1.99. The van der Waals surface area contributed by atoms with Gasteiger partial charge in [0, 0.05) is 6.42 Å². The predicted molar refractivity (Wildman–Crippen MR) is 79.7 cm³/mol. The van der Waals surface area contributed by atoms with Crippen LogP contribution in [0.5, 0.6) is 5.88 Å². The van der Waals surface area contributed by atoms with Crippen LogP contribution in [0, 0.1) is 6.92 Å². The lowest BCUT2D eigenvalue weighted by atomic mass is 9.97. The van der Waals surface area contributed by atoms with E-state index in [1.54, 1.807) is 6.92 Å². The molecule has 116 valence electrons. The number of amides is 1. The number of nitrogens with one attached hydrogen (secondary N) is 1. The molecular formula is C16H19N3O3. The van der Waals surface area contributed by atoms with Crippen molar-refractivity contribution in [3.05, 3.63) is 41.1 Å². The zero-order chi connectivity index (χ0) is 15.4. The molecule has 1 N–H and O–H groups in total. The van der Waals surface area contributed by atoms with E-state index in [1.807, 2.05) is 6.07 Å². The molecule has 22 heavy (non-hydrogen) atoms. The van der Waals surface area contributed by atoms with Gasteiger partial charge in [0.05, 0.1) is 6.54 Å². The molecule has 0 saturated carbocycles. The van der Waals surface area contributed by atoms with Gasteiger partial charge >= 0.3 is 0 Å². The van der Waals surface area contributed by atoms with E-state index in [1.165, 1.54) is 11.1 Å². The first-order valence-corrected chi connectivity index (χ1v) is 7.50. The second-order valence-corrected chi connectivity index (χ2v) is 5.49. The molecule has 0 aliphatic heterocycles. The number of carbonyl (C=O) groups excluding carboxylic acids is 1. The maximum Gasteiger partial charge on any atom is 0.278 e. The van der Waals surface area contributed by atoms with Crippen LogP contribution in [0.4, 0.5) is 0 Å². The summed E-state index contributed by atoms with van der Waals surface area (Å²) in [5, 5.41) is 10.1. The Labute approximate surface area is 128 Å². The Morgan fingerprint density at radius 1 is 1.41 bits per heavy atom. The summed E-state index contributed by atoms with van der Waals surface area (Å²) in [6.07, 6.45) is 2.64. The van der Waals surface area contributed by atoms with E-state index >= 15 is 0 Å². The second kappa shape index (κ2) is 6.60. The van der Waals surface area contributed by atoms with Gasteiger partial charge in [0.2, 0.25) is 5.91 Å². The van der Waals surface area contributed by atoms with Crippen LogP contribution >= 0.6 is 0 Å². The third kappa shape index (κ3) is 3.27. The lowest BCUT2D eigenvalue weighted by Gasteiger charge is -2.11. The SMILES string of the molecule is Cc1nonc1OCCNC(=O)C[C@@H]1CCc2ccccc21. The topological polar surface area (TPSA) is 77.2 Å². The molecule has 3 rings (SSSR count). The first-order valence-electron chi connectivity index (χ1n) is 7.50. The summed E-state index contributed by atoms with van der Waals surface area (Å²) in [4.78, 5) is 12.0. The molecule has 1 amide bonds. The molecule has 0 bridgehead atoms. The monoisotopic (exact) mass is 301 g/mol. The Balaban J connectivity index is 1.41. The highest BCUT2D eigenvalue weighted by Gasteiger charge is 2.23. The van der Waals surface area contributed by atoms with Gasteiger partial charge in [-0.1, -0.05) is 29.4 Å². The summed E-state index contributed by atoms with van der Waals surface area (Å²) < 4.78 is 9.90. The van der Waals surface area contributed by atoms with Crippen molar-refractivity contribution in [1.82, 2.24) is 15.6 Å². The first-order chi connectivity index (χ1) is 10.7. The zero-order valence-electron chi connectivity index (χ0n) is 12.5. The normalized spacial score (nSPS) is 16.3. The molecule has 1 aromatic carbocycles. The number of carbonyl (C=O) groups is 1. The third-order valence-electron chi connectivity index (χ3n) is 3.96. The quantitative estimate of drug-likeness (QED) is 0.826. The molecule has 1 aromatic heterocycles. The molecule has 1 aliphatic carbocycles. The molecule has 0 fully saturated rings. The minimum Gasteiger partial charge on any atom is -0.472 e. The van der Waals surface area contributed by atoms with Crippen molar-refractivity contribution in [3.63, 3.8) is 0 Å². The maximum absolute atomic E-state index is 12.0. The van der Waals surface area contributed by atoms with Gasteiger partial charge in [0.15, 0.2) is 0 Å². The summed E-state index contributed by atoms with van der Waals surface area (Å²) in [6.45, 7) is 2.55. The average molecular weight is 301 g/mol. The minimum absolute atomic E-state index is 0.0558. The van der Waals surface area contributed by atoms with Crippen LogP contribution in [0.1, 0.15) is 35.6 Å². The molecule has 0 saturated heterocycles. The highest BCUT2D eigenvalue weighted by atomic mass is 16.6. The van der Waals surface area contributed by atoms with Crippen LogP contribution in [-0.4, -0.2) is 29.4 Å². The van der Waals surface area contributed by atoms with Crippen LogP contribution in [-0.2, 0) is 11.2 Å². The molecule has 6 heteroatoms. The van der Waals surface area contributed by atoms with Gasteiger partial charge in [-0.05, 0) is 42.0 Å². The number of hydrogen-bond acceptors (Lipinski definition) is 5. The number of rotatable bonds is 6. The zero-order valence-corrected chi connectivity index (χ0v) is 12.5. The molecule has 0 radical (unpaired) electrons. The van der Waals surface area contributed by atoms with Crippen molar-refractivity contribution in [3.8, 4) is 5.88 Å². The molecule has 1 atom stereocenters. The van der Waals surface area contributed by atoms with E-state index in [0.29, 0.717) is 37.1 Å². The van der Waals surface area contributed by atoms with Crippen molar-refractivity contribution >= 4 is 5.91 Å². The Kier molecular flexibility index (Phi) is 4.37. The highest BCUT2D eigenvalue weighted by Crippen LogP contribution is 2.34. The summed E-state index contributed by atoms with van der Waals surface area (Å²) in [7, 11) is 0. The number of aromatic nitrogens is 2. The Hall–Kier alpha value is -2.37. The summed E-state index contributed by atoms with van der Waals surface area (Å²) >= 11 is 0. The van der Waals surface area contributed by atoms with Gasteiger partial charge in [-0.15, -0.1) is 0 Å². The molecule has 0 spiro atoms. The van der Waals surface area contributed by atoms with Crippen LogP contribution in [0.2, 0.25) is 0 Å². The van der Waals surface area contributed by atoms with Gasteiger partial charge in [-0.3, -0.25) is 4.79 Å². The van der Waals surface area contributed by atoms with Crippen LogP contribution in [0.3, 0.4) is 0 Å². The van der Waals surface area contributed by atoms with Crippen LogP contribution < -0.4 is 10.1 Å². The second-order valence-electron chi connectivity index (χ2n) is 5.49. The third-order valence-corrected chi connectivity index (χ3v) is 3.96. The molecule has 6 nitrogen and oxygen atoms in total. The minimum atomic E-state index is 0.0558. The number of fused-ring (bicyclic) bond motifs is 1. The van der Waals surface area contributed by atoms with Crippen LogP contribution in [0.25, 0.3) is 0 Å². The highest BCUT2D eigenvalue weighted by molar-refractivity contribution is 5.77. The van der Waals surface area contributed by atoms with E-state index in [2.05, 4.69) is 38.5 Å². The lowest BCUT2D eigenvalue weighted by Crippen LogP contribution is -2.29. The summed E-state index contributed by atoms with van der Waals surface area (Å²) in [5.74, 6) is 0.762. The van der Waals surface area contributed by atoms with Crippen molar-refractivity contribution in [2.75, 3.05) is 13.2 Å². The van der Waals surface area contributed by atoms with E-state index in [4.69, 9.17) is 4.74 Å². The standard InChI is InChI=1S/C16H19N3O3/c1-11-16(19-22-18-11)21-9-8-17-15(20)10-13-7-6-12-4-2-3-5-14(12)13/h2-5,13H,6-10H2,1H3,(H,17,20)/t13-/m0/s1. The molecule has 2 aromatic rings. The number of aryl methyl sites for hydroxylation is 2. The largest absolute Gasteiger partial charge is 0.472 e. The average Bonchev–Trinajstić information content (AvgIpc) is 3.11. The van der Waals surface area contributed by atoms with Crippen molar-refractivity contribution in [2.24, 2.45) is 0 Å².